The van der Waals surface area contributed by atoms with Crippen LogP contribution in [0.2, 0.25) is 0 Å². The number of urea groups is 1. The normalized spacial score (nSPS) is 18.5. The van der Waals surface area contributed by atoms with E-state index in [0.29, 0.717) is 24.7 Å². The second-order valence-electron chi connectivity index (χ2n) is 4.98. The van der Waals surface area contributed by atoms with Gasteiger partial charge in [-0.15, -0.1) is 11.3 Å². The zero-order valence-electron chi connectivity index (χ0n) is 12.0. The van der Waals surface area contributed by atoms with Crippen molar-refractivity contribution in [2.24, 2.45) is 0 Å². The molecule has 1 aromatic heterocycles. The lowest BCUT2D eigenvalue weighted by Gasteiger charge is -2.32. The van der Waals surface area contributed by atoms with E-state index in [1.807, 2.05) is 0 Å². The predicted octanol–water partition coefficient (Wildman–Crippen LogP) is 2.87. The third-order valence-corrected chi connectivity index (χ3v) is 4.17. The Balaban J connectivity index is 1.93. The molecule has 21 heavy (non-hydrogen) atoms. The van der Waals surface area contributed by atoms with Crippen LogP contribution >= 0.6 is 11.3 Å². The van der Waals surface area contributed by atoms with E-state index in [1.54, 1.807) is 10.3 Å². The topological polar surface area (TPSA) is 78.9 Å². The lowest BCUT2D eigenvalue weighted by molar-refractivity contribution is 0.0115. The Morgan fingerprint density at radius 2 is 2.38 bits per heavy atom. The Labute approximate surface area is 127 Å². The van der Waals surface area contributed by atoms with E-state index >= 15 is 0 Å². The molecule has 0 spiro atoms. The molecule has 1 unspecified atom stereocenters. The highest BCUT2D eigenvalue weighted by Gasteiger charge is 2.25. The van der Waals surface area contributed by atoms with Crippen LogP contribution in [-0.2, 0) is 4.74 Å². The molecule has 0 radical (unpaired) electrons. The maximum Gasteiger partial charge on any atom is 0.338 e. The third kappa shape index (κ3) is 4.18. The van der Waals surface area contributed by atoms with Gasteiger partial charge in [0.2, 0.25) is 0 Å². The fourth-order valence-electron chi connectivity index (χ4n) is 2.29. The lowest BCUT2D eigenvalue weighted by atomic mass is 10.1. The molecule has 7 heteroatoms. The molecular formula is C14H20N2O4S. The highest BCUT2D eigenvalue weighted by molar-refractivity contribution is 7.14. The Kier molecular flexibility index (Phi) is 5.58. The second-order valence-corrected chi connectivity index (χ2v) is 5.90. The predicted molar refractivity (Wildman–Crippen MR) is 81.1 cm³/mol. The summed E-state index contributed by atoms with van der Waals surface area (Å²) in [6.07, 6.45) is 2.90. The number of carbonyl (C=O) groups excluding carboxylic acids is 1. The van der Waals surface area contributed by atoms with E-state index in [1.165, 1.54) is 17.4 Å². The molecule has 0 aliphatic carbocycles. The van der Waals surface area contributed by atoms with Gasteiger partial charge in [0, 0.05) is 19.7 Å². The van der Waals surface area contributed by atoms with Gasteiger partial charge in [0.05, 0.1) is 11.7 Å². The van der Waals surface area contributed by atoms with Gasteiger partial charge in [-0.3, -0.25) is 5.32 Å². The number of hydrogen-bond acceptors (Lipinski definition) is 4. The van der Waals surface area contributed by atoms with Gasteiger partial charge in [0.15, 0.2) is 0 Å². The monoisotopic (exact) mass is 312 g/mol. The van der Waals surface area contributed by atoms with E-state index in [9.17, 15) is 9.59 Å². The average Bonchev–Trinajstić information content (AvgIpc) is 2.93. The van der Waals surface area contributed by atoms with Crippen LogP contribution < -0.4 is 5.32 Å². The first-order chi connectivity index (χ1) is 10.1. The van der Waals surface area contributed by atoms with Crippen molar-refractivity contribution in [2.75, 3.05) is 25.0 Å². The number of piperidine rings is 1. The Morgan fingerprint density at radius 1 is 1.57 bits per heavy atom. The van der Waals surface area contributed by atoms with E-state index < -0.39 is 5.97 Å². The van der Waals surface area contributed by atoms with Crippen molar-refractivity contribution in [1.29, 1.82) is 0 Å². The molecule has 116 valence electrons. The number of aromatic carboxylic acids is 1. The number of nitrogens with zero attached hydrogens (tertiary/aromatic N) is 1. The van der Waals surface area contributed by atoms with E-state index in [-0.39, 0.29) is 17.7 Å². The summed E-state index contributed by atoms with van der Waals surface area (Å²) in [6, 6.07) is 1.23. The summed E-state index contributed by atoms with van der Waals surface area (Å²) in [5.74, 6) is -1.03. The largest absolute Gasteiger partial charge is 0.478 e. The van der Waals surface area contributed by atoms with Crippen molar-refractivity contribution in [3.63, 3.8) is 0 Å². The lowest BCUT2D eigenvalue weighted by Crippen LogP contribution is -2.45. The first kappa shape index (κ1) is 15.8. The van der Waals surface area contributed by atoms with Gasteiger partial charge in [-0.2, -0.15) is 0 Å². The van der Waals surface area contributed by atoms with Crippen LogP contribution in [0.1, 0.15) is 36.5 Å². The Morgan fingerprint density at radius 3 is 3.10 bits per heavy atom. The van der Waals surface area contributed by atoms with Gasteiger partial charge in [0.1, 0.15) is 5.00 Å². The number of amides is 2. The molecule has 2 N–H and O–H groups in total. The number of ether oxygens (including phenoxy) is 1. The number of hydrogen-bond donors (Lipinski definition) is 2. The third-order valence-electron chi connectivity index (χ3n) is 3.34. The molecule has 2 rings (SSSR count). The molecule has 0 saturated carbocycles. The fourth-order valence-corrected chi connectivity index (χ4v) is 3.06. The van der Waals surface area contributed by atoms with Gasteiger partial charge in [-0.25, -0.2) is 9.59 Å². The summed E-state index contributed by atoms with van der Waals surface area (Å²) < 4.78 is 5.70. The number of rotatable bonds is 5. The van der Waals surface area contributed by atoms with Crippen LogP contribution in [0.5, 0.6) is 0 Å². The number of anilines is 1. The molecule has 1 saturated heterocycles. The van der Waals surface area contributed by atoms with Crippen LogP contribution in [-0.4, -0.2) is 47.8 Å². The molecule has 0 bridgehead atoms. The molecule has 1 aliphatic rings. The van der Waals surface area contributed by atoms with E-state index in [0.717, 1.165) is 19.3 Å². The number of likely N-dealkylation sites (tertiary alicyclic amines) is 1. The summed E-state index contributed by atoms with van der Waals surface area (Å²) in [5, 5.41) is 13.8. The van der Waals surface area contributed by atoms with Crippen LogP contribution in [0.4, 0.5) is 9.80 Å². The van der Waals surface area contributed by atoms with Crippen LogP contribution in [0, 0.1) is 0 Å². The molecule has 1 aromatic rings. The Bertz CT molecular complexity index is 503. The minimum absolute atomic E-state index is 0.0757. The smallest absolute Gasteiger partial charge is 0.338 e. The number of thiophene rings is 1. The maximum absolute atomic E-state index is 12.2. The SMILES string of the molecule is CCCOC1CCCN(C(=O)Nc2sccc2C(=O)O)C1. The van der Waals surface area contributed by atoms with Crippen LogP contribution in [0.15, 0.2) is 11.4 Å². The van der Waals surface area contributed by atoms with Crippen molar-refractivity contribution < 1.29 is 19.4 Å². The second kappa shape index (κ2) is 7.42. The number of nitrogens with one attached hydrogen (secondary N) is 1. The molecule has 1 atom stereocenters. The number of carbonyl (C=O) groups is 2. The first-order valence-corrected chi connectivity index (χ1v) is 7.98. The quantitative estimate of drug-likeness (QED) is 0.876. The summed E-state index contributed by atoms with van der Waals surface area (Å²) in [6.45, 7) is 3.98. The molecule has 2 heterocycles. The van der Waals surface area contributed by atoms with Crippen molar-refractivity contribution in [3.8, 4) is 0 Å². The number of carboxylic acid groups (broad SMARTS) is 1. The van der Waals surface area contributed by atoms with Crippen molar-refractivity contribution in [2.45, 2.75) is 32.3 Å². The number of carboxylic acids is 1. The van der Waals surface area contributed by atoms with Crippen molar-refractivity contribution in [1.82, 2.24) is 4.90 Å². The molecule has 0 aromatic carbocycles. The van der Waals surface area contributed by atoms with Gasteiger partial charge < -0.3 is 14.7 Å². The van der Waals surface area contributed by atoms with Gasteiger partial charge in [-0.1, -0.05) is 6.92 Å². The highest BCUT2D eigenvalue weighted by Crippen LogP contribution is 2.24. The maximum atomic E-state index is 12.2. The average molecular weight is 312 g/mol. The van der Waals surface area contributed by atoms with Gasteiger partial charge in [0.25, 0.3) is 0 Å². The van der Waals surface area contributed by atoms with Crippen LogP contribution in [0.3, 0.4) is 0 Å². The summed E-state index contributed by atoms with van der Waals surface area (Å²) in [7, 11) is 0. The van der Waals surface area contributed by atoms with Crippen molar-refractivity contribution >= 4 is 28.3 Å². The fraction of sp³-hybridized carbons (Fsp3) is 0.571. The van der Waals surface area contributed by atoms with Gasteiger partial charge in [-0.05, 0) is 30.7 Å². The molecule has 1 aliphatic heterocycles. The summed E-state index contributed by atoms with van der Waals surface area (Å²) in [4.78, 5) is 25.0. The zero-order valence-corrected chi connectivity index (χ0v) is 12.8. The molecule has 2 amide bonds. The minimum Gasteiger partial charge on any atom is -0.478 e. The zero-order chi connectivity index (χ0) is 15.2. The highest BCUT2D eigenvalue weighted by atomic mass is 32.1. The summed E-state index contributed by atoms with van der Waals surface area (Å²) >= 11 is 1.21. The van der Waals surface area contributed by atoms with Crippen LogP contribution in [0.25, 0.3) is 0 Å². The molecule has 1 fully saturated rings. The first-order valence-electron chi connectivity index (χ1n) is 7.10. The minimum atomic E-state index is -1.03. The molecular weight excluding hydrogens is 292 g/mol. The summed E-state index contributed by atoms with van der Waals surface area (Å²) in [5.41, 5.74) is 0.129. The molecule has 6 nitrogen and oxygen atoms in total. The standard InChI is InChI=1S/C14H20N2O4S/c1-2-7-20-10-4-3-6-16(9-10)14(19)15-12-11(13(17)18)5-8-21-12/h5,8,10H,2-4,6-7,9H2,1H3,(H,15,19)(H,17,18). The Hall–Kier alpha value is -1.60. The van der Waals surface area contributed by atoms with E-state index in [2.05, 4.69) is 12.2 Å². The van der Waals surface area contributed by atoms with Gasteiger partial charge >= 0.3 is 12.0 Å². The van der Waals surface area contributed by atoms with Crippen molar-refractivity contribution in [3.05, 3.63) is 17.0 Å². The van der Waals surface area contributed by atoms with E-state index in [4.69, 9.17) is 9.84 Å².